The molecule has 0 saturated carbocycles. The van der Waals surface area contributed by atoms with Crippen LogP contribution in [0.3, 0.4) is 0 Å². The number of nitrogens with zero attached hydrogens (tertiary/aromatic N) is 3. The molecule has 12 nitrogen and oxygen atoms in total. The first-order chi connectivity index (χ1) is 21.5. The monoisotopic (exact) mass is 630 g/mol. The van der Waals surface area contributed by atoms with Crippen LogP contribution in [0.25, 0.3) is 0 Å². The summed E-state index contributed by atoms with van der Waals surface area (Å²) in [4.78, 5) is 48.2. The molecule has 1 aliphatic heterocycles. The SMILES string of the molecule is CN(c1cc(C(=O)N[C@@H](Cc2ccccc2)[C@@H](O)C(=O)Nc2ncc[nH]2)cc(N2CC(c3ccccc3)CC2=O)c1)S(C)(=O)=O. The number of aromatic amines is 1. The van der Waals surface area contributed by atoms with Gasteiger partial charge in [0.25, 0.3) is 11.8 Å². The Balaban J connectivity index is 1.46. The summed E-state index contributed by atoms with van der Waals surface area (Å²) in [6.45, 7) is 0.345. The Bertz CT molecular complexity index is 1770. The average Bonchev–Trinajstić information content (AvgIpc) is 3.69. The summed E-state index contributed by atoms with van der Waals surface area (Å²) >= 11 is 0. The molecule has 1 unspecified atom stereocenters. The van der Waals surface area contributed by atoms with Gasteiger partial charge in [-0.3, -0.25) is 24.0 Å². The van der Waals surface area contributed by atoms with E-state index in [4.69, 9.17) is 0 Å². The van der Waals surface area contributed by atoms with E-state index in [1.165, 1.54) is 31.6 Å². The van der Waals surface area contributed by atoms with Crippen LogP contribution in [0.4, 0.5) is 17.3 Å². The number of aliphatic hydroxyl groups is 1. The maximum Gasteiger partial charge on any atom is 0.257 e. The highest BCUT2D eigenvalue weighted by molar-refractivity contribution is 7.92. The number of carbonyl (C=O) groups excluding carboxylic acids is 3. The maximum absolute atomic E-state index is 13.8. The van der Waals surface area contributed by atoms with E-state index in [2.05, 4.69) is 20.6 Å². The molecule has 0 radical (unpaired) electrons. The maximum atomic E-state index is 13.8. The number of sulfonamides is 1. The van der Waals surface area contributed by atoms with Crippen molar-refractivity contribution >= 4 is 45.1 Å². The molecule has 1 saturated heterocycles. The first-order valence-electron chi connectivity index (χ1n) is 14.3. The predicted molar refractivity (Wildman–Crippen MR) is 170 cm³/mol. The summed E-state index contributed by atoms with van der Waals surface area (Å²) in [5.74, 6) is -1.56. The van der Waals surface area contributed by atoms with Crippen molar-refractivity contribution in [2.24, 2.45) is 0 Å². The van der Waals surface area contributed by atoms with E-state index >= 15 is 0 Å². The fourth-order valence-electron chi connectivity index (χ4n) is 5.23. The molecule has 2 heterocycles. The van der Waals surface area contributed by atoms with Crippen LogP contribution < -0.4 is 19.8 Å². The molecule has 1 aliphatic rings. The molecule has 0 bridgehead atoms. The van der Waals surface area contributed by atoms with E-state index in [0.29, 0.717) is 12.2 Å². The van der Waals surface area contributed by atoms with Crippen LogP contribution in [0.5, 0.6) is 0 Å². The number of carbonyl (C=O) groups is 3. The zero-order chi connectivity index (χ0) is 32.1. The number of anilines is 3. The average molecular weight is 631 g/mol. The van der Waals surface area contributed by atoms with Gasteiger partial charge in [0.05, 0.1) is 18.0 Å². The van der Waals surface area contributed by atoms with Crippen LogP contribution in [0.2, 0.25) is 0 Å². The molecule has 45 heavy (non-hydrogen) atoms. The number of nitrogens with one attached hydrogen (secondary N) is 3. The van der Waals surface area contributed by atoms with Crippen molar-refractivity contribution < 1.29 is 27.9 Å². The third kappa shape index (κ3) is 7.56. The topological polar surface area (TPSA) is 165 Å². The van der Waals surface area contributed by atoms with E-state index in [1.54, 1.807) is 35.2 Å². The third-order valence-electron chi connectivity index (χ3n) is 7.74. The van der Waals surface area contributed by atoms with Crippen LogP contribution in [-0.4, -0.2) is 73.2 Å². The molecule has 5 rings (SSSR count). The number of hydrogen-bond donors (Lipinski definition) is 4. The fourth-order valence-corrected chi connectivity index (χ4v) is 5.72. The van der Waals surface area contributed by atoms with Gasteiger partial charge in [-0.2, -0.15) is 0 Å². The summed E-state index contributed by atoms with van der Waals surface area (Å²) in [5.41, 5.74) is 2.33. The van der Waals surface area contributed by atoms with Gasteiger partial charge in [-0.15, -0.1) is 0 Å². The van der Waals surface area contributed by atoms with E-state index in [9.17, 15) is 27.9 Å². The Hall–Kier alpha value is -5.01. The minimum Gasteiger partial charge on any atom is -0.381 e. The molecule has 1 fully saturated rings. The number of rotatable bonds is 11. The summed E-state index contributed by atoms with van der Waals surface area (Å²) in [7, 11) is -2.37. The quantitative estimate of drug-likeness (QED) is 0.198. The molecule has 4 N–H and O–H groups in total. The second-order valence-corrected chi connectivity index (χ2v) is 12.9. The lowest BCUT2D eigenvalue weighted by atomic mass is 9.98. The Morgan fingerprint density at radius 1 is 1.09 bits per heavy atom. The summed E-state index contributed by atoms with van der Waals surface area (Å²) in [5, 5.41) is 16.3. The van der Waals surface area contributed by atoms with Crippen molar-refractivity contribution in [3.8, 4) is 0 Å². The molecule has 1 aromatic heterocycles. The highest BCUT2D eigenvalue weighted by Gasteiger charge is 2.33. The molecular formula is C32H34N6O6S. The van der Waals surface area contributed by atoms with Gasteiger partial charge in [-0.1, -0.05) is 60.7 Å². The van der Waals surface area contributed by atoms with Crippen molar-refractivity contribution in [3.05, 3.63) is 108 Å². The molecule has 3 atom stereocenters. The van der Waals surface area contributed by atoms with Gasteiger partial charge < -0.3 is 20.3 Å². The normalized spacial score (nSPS) is 16.2. The van der Waals surface area contributed by atoms with E-state index < -0.39 is 34.0 Å². The van der Waals surface area contributed by atoms with Crippen LogP contribution in [0, 0.1) is 0 Å². The second kappa shape index (κ2) is 13.3. The first-order valence-corrected chi connectivity index (χ1v) is 16.1. The van der Waals surface area contributed by atoms with Crippen LogP contribution in [0.1, 0.15) is 33.8 Å². The number of aliphatic hydroxyl groups excluding tert-OH is 1. The van der Waals surface area contributed by atoms with E-state index in [1.807, 2.05) is 36.4 Å². The van der Waals surface area contributed by atoms with Gasteiger partial charge in [0, 0.05) is 49.6 Å². The van der Waals surface area contributed by atoms with Gasteiger partial charge in [-0.25, -0.2) is 13.4 Å². The molecule has 0 spiro atoms. The number of H-pyrrole nitrogens is 1. The minimum absolute atomic E-state index is 0.0469. The summed E-state index contributed by atoms with van der Waals surface area (Å²) in [6, 6.07) is 22.0. The molecule has 13 heteroatoms. The van der Waals surface area contributed by atoms with Crippen molar-refractivity contribution in [2.75, 3.05) is 34.4 Å². The van der Waals surface area contributed by atoms with Gasteiger partial charge >= 0.3 is 0 Å². The summed E-state index contributed by atoms with van der Waals surface area (Å²) in [6.07, 6.45) is 2.68. The molecule has 0 aliphatic carbocycles. The van der Waals surface area contributed by atoms with Gasteiger partial charge in [0.1, 0.15) is 0 Å². The Morgan fingerprint density at radius 3 is 2.42 bits per heavy atom. The Kier molecular flexibility index (Phi) is 9.30. The van der Waals surface area contributed by atoms with E-state index in [-0.39, 0.29) is 41.9 Å². The number of hydrogen-bond acceptors (Lipinski definition) is 7. The van der Waals surface area contributed by atoms with Crippen LogP contribution in [0.15, 0.2) is 91.3 Å². The first kappa shape index (κ1) is 31.4. The minimum atomic E-state index is -3.72. The van der Waals surface area contributed by atoms with Crippen LogP contribution >= 0.6 is 0 Å². The lowest BCUT2D eigenvalue weighted by Crippen LogP contribution is -2.50. The summed E-state index contributed by atoms with van der Waals surface area (Å²) < 4.78 is 26.0. The number of amides is 3. The molecule has 3 aromatic carbocycles. The van der Waals surface area contributed by atoms with Gasteiger partial charge in [-0.05, 0) is 35.7 Å². The molecule has 4 aromatic rings. The van der Waals surface area contributed by atoms with Crippen molar-refractivity contribution in [2.45, 2.75) is 30.9 Å². The number of benzene rings is 3. The zero-order valence-corrected chi connectivity index (χ0v) is 25.6. The fraction of sp³-hybridized carbons (Fsp3) is 0.250. The smallest absolute Gasteiger partial charge is 0.257 e. The predicted octanol–water partition coefficient (Wildman–Crippen LogP) is 2.67. The Labute approximate surface area is 261 Å². The highest BCUT2D eigenvalue weighted by Crippen LogP contribution is 2.34. The number of aromatic nitrogens is 2. The van der Waals surface area contributed by atoms with Crippen LogP contribution in [-0.2, 0) is 26.0 Å². The lowest BCUT2D eigenvalue weighted by Gasteiger charge is -2.25. The Morgan fingerprint density at radius 2 is 1.78 bits per heavy atom. The van der Waals surface area contributed by atoms with Crippen molar-refractivity contribution in [1.29, 1.82) is 0 Å². The second-order valence-electron chi connectivity index (χ2n) is 10.9. The van der Waals surface area contributed by atoms with E-state index in [0.717, 1.165) is 21.7 Å². The van der Waals surface area contributed by atoms with Crippen molar-refractivity contribution in [1.82, 2.24) is 15.3 Å². The van der Waals surface area contributed by atoms with Gasteiger partial charge in [0.2, 0.25) is 21.9 Å². The lowest BCUT2D eigenvalue weighted by molar-refractivity contribution is -0.125. The molecular weight excluding hydrogens is 596 g/mol. The highest BCUT2D eigenvalue weighted by atomic mass is 32.2. The standard InChI is InChI=1S/C32H34N6O6S/c1-37(45(2,43)44)25-16-23(17-26(19-25)38-20-24(18-28(38)39)22-11-7-4-8-12-22)30(41)35-27(15-21-9-5-3-6-10-21)29(40)31(42)36-32-33-13-14-34-32/h3-14,16-17,19,24,27,29,40H,15,18,20H2,1-2H3,(H,35,41)(H2,33,34,36,42)/t24?,27-,29+/m0/s1. The third-order valence-corrected chi connectivity index (χ3v) is 8.94. The van der Waals surface area contributed by atoms with Gasteiger partial charge in [0.15, 0.2) is 6.10 Å². The molecule has 3 amide bonds. The zero-order valence-electron chi connectivity index (χ0n) is 24.8. The molecule has 234 valence electrons. The number of imidazole rings is 1. The van der Waals surface area contributed by atoms with Crippen molar-refractivity contribution in [3.63, 3.8) is 0 Å². The largest absolute Gasteiger partial charge is 0.381 e.